The van der Waals surface area contributed by atoms with Gasteiger partial charge in [-0.2, -0.15) is 0 Å². The minimum atomic E-state index is -0.319. The van der Waals surface area contributed by atoms with Crippen LogP contribution in [0.15, 0.2) is 29.3 Å². The molecule has 0 saturated carbocycles. The molecule has 1 atom stereocenters. The van der Waals surface area contributed by atoms with Gasteiger partial charge in [0.2, 0.25) is 5.91 Å². The van der Waals surface area contributed by atoms with Crippen LogP contribution in [0.5, 0.6) is 0 Å². The van der Waals surface area contributed by atoms with Crippen molar-refractivity contribution in [2.45, 2.75) is 39.7 Å². The van der Waals surface area contributed by atoms with Crippen LogP contribution in [0.4, 0.5) is 0 Å². The van der Waals surface area contributed by atoms with Crippen LogP contribution < -0.4 is 5.73 Å². The summed E-state index contributed by atoms with van der Waals surface area (Å²) in [5.74, 6) is -0.458. The van der Waals surface area contributed by atoms with Crippen LogP contribution in [0, 0.1) is 11.8 Å². The van der Waals surface area contributed by atoms with Gasteiger partial charge in [0.05, 0.1) is 17.2 Å². The first-order valence-electron chi connectivity index (χ1n) is 6.79. The largest absolute Gasteiger partial charge is 0.369 e. The quantitative estimate of drug-likeness (QED) is 0.890. The van der Waals surface area contributed by atoms with Crippen LogP contribution in [0.3, 0.4) is 0 Å². The van der Waals surface area contributed by atoms with Crippen LogP contribution in [0.1, 0.15) is 38.8 Å². The van der Waals surface area contributed by atoms with Crippen molar-refractivity contribution in [3.05, 3.63) is 35.4 Å². The molecule has 1 heterocycles. The second-order valence-electron chi connectivity index (χ2n) is 6.27. The maximum Gasteiger partial charge on any atom is 0.226 e. The van der Waals surface area contributed by atoms with Gasteiger partial charge in [-0.15, -0.1) is 0 Å². The van der Waals surface area contributed by atoms with Crippen LogP contribution in [-0.4, -0.2) is 17.2 Å². The zero-order chi connectivity index (χ0) is 14.2. The summed E-state index contributed by atoms with van der Waals surface area (Å²) in [7, 11) is 0. The smallest absolute Gasteiger partial charge is 0.226 e. The predicted molar refractivity (Wildman–Crippen MR) is 78.3 cm³/mol. The lowest BCUT2D eigenvalue weighted by Crippen LogP contribution is -2.40. The van der Waals surface area contributed by atoms with Crippen molar-refractivity contribution < 1.29 is 4.79 Å². The van der Waals surface area contributed by atoms with Crippen molar-refractivity contribution in [2.24, 2.45) is 22.6 Å². The van der Waals surface area contributed by atoms with Crippen molar-refractivity contribution in [1.82, 2.24) is 0 Å². The van der Waals surface area contributed by atoms with Crippen LogP contribution in [0.2, 0.25) is 0 Å². The van der Waals surface area contributed by atoms with E-state index < -0.39 is 0 Å². The zero-order valence-electron chi connectivity index (χ0n) is 12.1. The molecule has 0 fully saturated rings. The number of fused-ring (bicyclic) bond motifs is 1. The standard InChI is InChI=1S/C16H22N2O/c1-10(2)13(15(17)19)14-12-8-6-5-7-11(12)9-16(3,4)18-14/h5-8,10,13H,9H2,1-4H3,(H2,17,19)/t13-/m1/s1. The number of hydrogen-bond acceptors (Lipinski definition) is 2. The molecule has 3 nitrogen and oxygen atoms in total. The molecule has 0 aliphatic carbocycles. The lowest BCUT2D eigenvalue weighted by molar-refractivity contribution is -0.120. The summed E-state index contributed by atoms with van der Waals surface area (Å²) in [5.41, 5.74) is 8.61. The van der Waals surface area contributed by atoms with Gasteiger partial charge < -0.3 is 5.73 Å². The zero-order valence-corrected chi connectivity index (χ0v) is 12.1. The highest BCUT2D eigenvalue weighted by molar-refractivity contribution is 6.14. The fourth-order valence-corrected chi connectivity index (χ4v) is 2.83. The van der Waals surface area contributed by atoms with Crippen molar-refractivity contribution in [2.75, 3.05) is 0 Å². The third kappa shape index (κ3) is 2.70. The van der Waals surface area contributed by atoms with Crippen molar-refractivity contribution in [3.63, 3.8) is 0 Å². The van der Waals surface area contributed by atoms with Crippen LogP contribution >= 0.6 is 0 Å². The van der Waals surface area contributed by atoms with Gasteiger partial charge in [0, 0.05) is 0 Å². The van der Waals surface area contributed by atoms with Gasteiger partial charge in [0.1, 0.15) is 0 Å². The van der Waals surface area contributed by atoms with E-state index in [1.165, 1.54) is 5.56 Å². The SMILES string of the molecule is CC(C)[C@@H](C(N)=O)C1=NC(C)(C)Cc2ccccc21. The Balaban J connectivity index is 2.58. The number of hydrogen-bond donors (Lipinski definition) is 1. The first-order valence-corrected chi connectivity index (χ1v) is 6.79. The molecule has 0 aromatic heterocycles. The predicted octanol–water partition coefficient (Wildman–Crippen LogP) is 2.57. The van der Waals surface area contributed by atoms with E-state index in [1.807, 2.05) is 32.0 Å². The van der Waals surface area contributed by atoms with E-state index in [1.54, 1.807) is 0 Å². The van der Waals surface area contributed by atoms with E-state index in [9.17, 15) is 4.79 Å². The minimum Gasteiger partial charge on any atom is -0.369 e. The second-order valence-corrected chi connectivity index (χ2v) is 6.27. The molecule has 0 bridgehead atoms. The molecule has 0 saturated heterocycles. The van der Waals surface area contributed by atoms with E-state index in [-0.39, 0.29) is 23.3 Å². The normalized spacial score (nSPS) is 18.7. The van der Waals surface area contributed by atoms with Gasteiger partial charge in [-0.05, 0) is 37.3 Å². The number of nitrogens with two attached hydrogens (primary N) is 1. The number of nitrogens with zero attached hydrogens (tertiary/aromatic N) is 1. The average molecular weight is 258 g/mol. The highest BCUT2D eigenvalue weighted by Gasteiger charge is 2.34. The summed E-state index contributed by atoms with van der Waals surface area (Å²) in [6, 6.07) is 8.18. The third-order valence-electron chi connectivity index (χ3n) is 3.61. The van der Waals surface area contributed by atoms with E-state index in [4.69, 9.17) is 10.7 Å². The van der Waals surface area contributed by atoms with Gasteiger partial charge in [0.15, 0.2) is 0 Å². The molecular weight excluding hydrogens is 236 g/mol. The van der Waals surface area contributed by atoms with E-state index in [0.717, 1.165) is 17.7 Å². The van der Waals surface area contributed by atoms with E-state index >= 15 is 0 Å². The topological polar surface area (TPSA) is 55.5 Å². The van der Waals surface area contributed by atoms with Crippen molar-refractivity contribution in [3.8, 4) is 0 Å². The maximum atomic E-state index is 11.8. The Labute approximate surface area is 114 Å². The van der Waals surface area contributed by atoms with E-state index in [0.29, 0.717) is 0 Å². The maximum absolute atomic E-state index is 11.8. The molecule has 1 aromatic rings. The molecule has 1 aromatic carbocycles. The molecule has 0 unspecified atom stereocenters. The average Bonchev–Trinajstić information content (AvgIpc) is 2.26. The Morgan fingerprint density at radius 3 is 2.53 bits per heavy atom. The molecule has 19 heavy (non-hydrogen) atoms. The third-order valence-corrected chi connectivity index (χ3v) is 3.61. The Bertz CT molecular complexity index is 529. The number of aliphatic imine (C=N–C) groups is 1. The van der Waals surface area contributed by atoms with Crippen molar-refractivity contribution in [1.29, 1.82) is 0 Å². The number of benzene rings is 1. The summed E-state index contributed by atoms with van der Waals surface area (Å²) in [6.07, 6.45) is 0.899. The molecule has 1 amide bonds. The molecule has 3 heteroatoms. The summed E-state index contributed by atoms with van der Waals surface area (Å²) in [6.45, 7) is 8.23. The monoisotopic (exact) mass is 258 g/mol. The van der Waals surface area contributed by atoms with Gasteiger partial charge in [-0.25, -0.2) is 0 Å². The lowest BCUT2D eigenvalue weighted by atomic mass is 9.79. The Morgan fingerprint density at radius 1 is 1.32 bits per heavy atom. The highest BCUT2D eigenvalue weighted by Crippen LogP contribution is 2.31. The number of amides is 1. The molecule has 102 valence electrons. The highest BCUT2D eigenvalue weighted by atomic mass is 16.1. The summed E-state index contributed by atoms with van der Waals surface area (Å²) in [4.78, 5) is 16.6. The Kier molecular flexibility index (Phi) is 3.48. The lowest BCUT2D eigenvalue weighted by Gasteiger charge is -2.32. The second kappa shape index (κ2) is 4.80. The molecule has 2 N–H and O–H groups in total. The number of rotatable bonds is 3. The molecular formula is C16H22N2O. The fourth-order valence-electron chi connectivity index (χ4n) is 2.83. The first kappa shape index (κ1) is 13.8. The summed E-state index contributed by atoms with van der Waals surface area (Å²) < 4.78 is 0. The van der Waals surface area contributed by atoms with Crippen LogP contribution in [0.25, 0.3) is 0 Å². The molecule has 0 spiro atoms. The molecule has 1 aliphatic rings. The molecule has 2 rings (SSSR count). The van der Waals surface area contributed by atoms with E-state index in [2.05, 4.69) is 19.9 Å². The Hall–Kier alpha value is -1.64. The fraction of sp³-hybridized carbons (Fsp3) is 0.500. The summed E-state index contributed by atoms with van der Waals surface area (Å²) >= 11 is 0. The van der Waals surface area contributed by atoms with Gasteiger partial charge >= 0.3 is 0 Å². The van der Waals surface area contributed by atoms with Gasteiger partial charge in [0.25, 0.3) is 0 Å². The minimum absolute atomic E-state index is 0.151. The number of carbonyl (C=O) groups is 1. The first-order chi connectivity index (χ1) is 8.82. The Morgan fingerprint density at radius 2 is 1.95 bits per heavy atom. The van der Waals surface area contributed by atoms with Crippen molar-refractivity contribution >= 4 is 11.6 Å². The van der Waals surface area contributed by atoms with Crippen LogP contribution in [-0.2, 0) is 11.2 Å². The van der Waals surface area contributed by atoms with Gasteiger partial charge in [-0.1, -0.05) is 38.1 Å². The number of carbonyl (C=O) groups excluding carboxylic acids is 1. The molecule has 1 aliphatic heterocycles. The summed E-state index contributed by atoms with van der Waals surface area (Å²) in [5, 5.41) is 0. The van der Waals surface area contributed by atoms with Gasteiger partial charge in [-0.3, -0.25) is 9.79 Å². The molecule has 0 radical (unpaired) electrons. The number of primary amides is 1.